The number of hydrogen-bond donors (Lipinski definition) is 1. The van der Waals surface area contributed by atoms with Crippen LogP contribution in [0.3, 0.4) is 0 Å². The molecule has 7 heteroatoms. The molecule has 1 unspecified atom stereocenters. The monoisotopic (exact) mass is 374 g/mol. The molecule has 2 aromatic rings. The standard InChI is InChI=1S/C19H20ClFN4O/c1-11(26)25-7-6-16(15-5-4-14(21)8-13(15)10-25)22-18-9-17(20)23-19(24-18)12-2-3-12/h4-5,8-9,12,16H,2-3,6-7,10H2,1H3,(H,22,23,24). The minimum atomic E-state index is -0.297. The lowest BCUT2D eigenvalue weighted by molar-refractivity contribution is -0.129. The molecule has 1 aromatic heterocycles. The van der Waals surface area contributed by atoms with Gasteiger partial charge in [0.2, 0.25) is 5.91 Å². The molecule has 0 saturated heterocycles. The molecule has 1 N–H and O–H groups in total. The summed E-state index contributed by atoms with van der Waals surface area (Å²) >= 11 is 6.16. The third kappa shape index (κ3) is 3.65. The van der Waals surface area contributed by atoms with Crippen molar-refractivity contribution in [2.45, 2.75) is 44.7 Å². The van der Waals surface area contributed by atoms with Crippen LogP contribution in [0.4, 0.5) is 10.2 Å². The van der Waals surface area contributed by atoms with Crippen molar-refractivity contribution in [2.75, 3.05) is 11.9 Å². The van der Waals surface area contributed by atoms with Crippen LogP contribution in [0.25, 0.3) is 0 Å². The first-order valence-corrected chi connectivity index (χ1v) is 9.22. The Hall–Kier alpha value is -2.21. The predicted molar refractivity (Wildman–Crippen MR) is 97.5 cm³/mol. The van der Waals surface area contributed by atoms with Gasteiger partial charge in [-0.3, -0.25) is 4.79 Å². The van der Waals surface area contributed by atoms with Crippen molar-refractivity contribution in [3.63, 3.8) is 0 Å². The first-order chi connectivity index (χ1) is 12.5. The first-order valence-electron chi connectivity index (χ1n) is 8.84. The normalized spacial score (nSPS) is 19.7. The SMILES string of the molecule is CC(=O)N1CCC(Nc2cc(Cl)nc(C3CC3)n2)c2ccc(F)cc2C1. The highest BCUT2D eigenvalue weighted by Crippen LogP contribution is 2.39. The van der Waals surface area contributed by atoms with Crippen molar-refractivity contribution >= 4 is 23.3 Å². The van der Waals surface area contributed by atoms with Gasteiger partial charge in [-0.2, -0.15) is 0 Å². The van der Waals surface area contributed by atoms with Gasteiger partial charge in [-0.05, 0) is 42.5 Å². The van der Waals surface area contributed by atoms with Crippen LogP contribution in [-0.4, -0.2) is 27.3 Å². The molecule has 26 heavy (non-hydrogen) atoms. The number of rotatable bonds is 3. The van der Waals surface area contributed by atoms with Gasteiger partial charge in [-0.1, -0.05) is 17.7 Å². The summed E-state index contributed by atoms with van der Waals surface area (Å²) in [6.07, 6.45) is 2.90. The number of carbonyl (C=O) groups excluding carboxylic acids is 1. The molecule has 0 spiro atoms. The fraction of sp³-hybridized carbons (Fsp3) is 0.421. The molecule has 0 radical (unpaired) electrons. The topological polar surface area (TPSA) is 58.1 Å². The maximum atomic E-state index is 13.7. The molecule has 1 saturated carbocycles. The zero-order valence-corrected chi connectivity index (χ0v) is 15.3. The van der Waals surface area contributed by atoms with E-state index in [0.717, 1.165) is 29.8 Å². The van der Waals surface area contributed by atoms with E-state index >= 15 is 0 Å². The number of halogens is 2. The molecule has 2 heterocycles. The van der Waals surface area contributed by atoms with Crippen LogP contribution < -0.4 is 5.32 Å². The third-order valence-corrected chi connectivity index (χ3v) is 5.15. The van der Waals surface area contributed by atoms with Gasteiger partial charge in [0.1, 0.15) is 22.6 Å². The fourth-order valence-corrected chi connectivity index (χ4v) is 3.60. The van der Waals surface area contributed by atoms with Crippen molar-refractivity contribution < 1.29 is 9.18 Å². The Morgan fingerprint density at radius 1 is 1.27 bits per heavy atom. The molecule has 1 atom stereocenters. The summed E-state index contributed by atoms with van der Waals surface area (Å²) in [5, 5.41) is 3.84. The summed E-state index contributed by atoms with van der Waals surface area (Å²) in [4.78, 5) is 22.5. The second-order valence-electron chi connectivity index (χ2n) is 6.98. The average molecular weight is 375 g/mol. The van der Waals surface area contributed by atoms with Crippen LogP contribution in [0.5, 0.6) is 0 Å². The number of carbonyl (C=O) groups is 1. The van der Waals surface area contributed by atoms with E-state index in [1.807, 2.05) is 0 Å². The lowest BCUT2D eigenvalue weighted by Gasteiger charge is -2.20. The Labute approximate surface area is 156 Å². The van der Waals surface area contributed by atoms with E-state index in [1.165, 1.54) is 12.1 Å². The van der Waals surface area contributed by atoms with Crippen LogP contribution >= 0.6 is 11.6 Å². The summed E-state index contributed by atoms with van der Waals surface area (Å²) < 4.78 is 13.7. The third-order valence-electron chi connectivity index (χ3n) is 4.95. The quantitative estimate of drug-likeness (QED) is 0.823. The van der Waals surface area contributed by atoms with Crippen molar-refractivity contribution in [2.24, 2.45) is 0 Å². The number of hydrogen-bond acceptors (Lipinski definition) is 4. The molecule has 5 nitrogen and oxygen atoms in total. The smallest absolute Gasteiger partial charge is 0.219 e. The average Bonchev–Trinajstić information content (AvgIpc) is 3.41. The van der Waals surface area contributed by atoms with Gasteiger partial charge in [-0.15, -0.1) is 0 Å². The van der Waals surface area contributed by atoms with Gasteiger partial charge < -0.3 is 10.2 Å². The number of amides is 1. The van der Waals surface area contributed by atoms with Crippen molar-refractivity contribution in [1.29, 1.82) is 0 Å². The van der Waals surface area contributed by atoms with E-state index < -0.39 is 0 Å². The summed E-state index contributed by atoms with van der Waals surface area (Å²) in [7, 11) is 0. The highest BCUT2D eigenvalue weighted by atomic mass is 35.5. The molecular weight excluding hydrogens is 355 g/mol. The van der Waals surface area contributed by atoms with Crippen LogP contribution in [-0.2, 0) is 11.3 Å². The Balaban J connectivity index is 1.65. The molecule has 1 aliphatic heterocycles. The molecule has 1 fully saturated rings. The molecule has 2 aliphatic rings. The minimum absolute atomic E-state index is 0.0121. The minimum Gasteiger partial charge on any atom is -0.363 e. The van der Waals surface area contributed by atoms with Gasteiger partial charge in [0.05, 0.1) is 6.04 Å². The Bertz CT molecular complexity index is 855. The van der Waals surface area contributed by atoms with Gasteiger partial charge in [0.15, 0.2) is 0 Å². The van der Waals surface area contributed by atoms with E-state index in [4.69, 9.17) is 11.6 Å². The summed E-state index contributed by atoms with van der Waals surface area (Å²) in [6, 6.07) is 6.39. The summed E-state index contributed by atoms with van der Waals surface area (Å²) in [5.74, 6) is 1.54. The van der Waals surface area contributed by atoms with Crippen LogP contribution in [0.1, 0.15) is 55.1 Å². The van der Waals surface area contributed by atoms with Gasteiger partial charge in [0, 0.05) is 32.0 Å². The molecule has 4 rings (SSSR count). The van der Waals surface area contributed by atoms with Crippen molar-refractivity contribution in [3.8, 4) is 0 Å². The van der Waals surface area contributed by atoms with Crippen LogP contribution in [0.15, 0.2) is 24.3 Å². The number of anilines is 1. The van der Waals surface area contributed by atoms with Gasteiger partial charge >= 0.3 is 0 Å². The molecule has 1 aliphatic carbocycles. The second kappa shape index (κ2) is 6.83. The lowest BCUT2D eigenvalue weighted by atomic mass is 9.99. The summed E-state index contributed by atoms with van der Waals surface area (Å²) in [5.41, 5.74) is 1.80. The Kier molecular flexibility index (Phi) is 4.53. The van der Waals surface area contributed by atoms with E-state index in [1.54, 1.807) is 24.0 Å². The van der Waals surface area contributed by atoms with Gasteiger partial charge in [-0.25, -0.2) is 14.4 Å². The molecule has 1 aromatic carbocycles. The fourth-order valence-electron chi connectivity index (χ4n) is 3.41. The molecule has 0 bridgehead atoms. The Morgan fingerprint density at radius 3 is 2.81 bits per heavy atom. The zero-order valence-electron chi connectivity index (χ0n) is 14.5. The first kappa shape index (κ1) is 17.2. The maximum Gasteiger partial charge on any atom is 0.219 e. The zero-order chi connectivity index (χ0) is 18.3. The highest BCUT2D eigenvalue weighted by Gasteiger charge is 2.28. The van der Waals surface area contributed by atoms with E-state index in [0.29, 0.717) is 36.4 Å². The maximum absolute atomic E-state index is 13.7. The Morgan fingerprint density at radius 2 is 2.08 bits per heavy atom. The van der Waals surface area contributed by atoms with E-state index in [2.05, 4.69) is 15.3 Å². The van der Waals surface area contributed by atoms with Crippen LogP contribution in [0, 0.1) is 5.82 Å². The molecular formula is C19H20ClFN4O. The van der Waals surface area contributed by atoms with Crippen molar-refractivity contribution in [3.05, 3.63) is 52.2 Å². The lowest BCUT2D eigenvalue weighted by Crippen LogP contribution is -2.28. The number of fused-ring (bicyclic) bond motifs is 1. The molecule has 1 amide bonds. The number of nitrogens with one attached hydrogen (secondary N) is 1. The second-order valence-corrected chi connectivity index (χ2v) is 7.36. The highest BCUT2D eigenvalue weighted by molar-refractivity contribution is 6.29. The van der Waals surface area contributed by atoms with Crippen molar-refractivity contribution in [1.82, 2.24) is 14.9 Å². The largest absolute Gasteiger partial charge is 0.363 e. The number of aromatic nitrogens is 2. The molecule has 136 valence electrons. The van der Waals surface area contributed by atoms with Gasteiger partial charge in [0.25, 0.3) is 0 Å². The predicted octanol–water partition coefficient (Wildman–Crippen LogP) is 4.05. The summed E-state index contributed by atoms with van der Waals surface area (Å²) in [6.45, 7) is 2.55. The van der Waals surface area contributed by atoms with Crippen LogP contribution in [0.2, 0.25) is 5.15 Å². The number of nitrogens with zero attached hydrogens (tertiary/aromatic N) is 3. The number of benzene rings is 1. The van der Waals surface area contributed by atoms with E-state index in [-0.39, 0.29) is 17.8 Å². The van der Waals surface area contributed by atoms with E-state index in [9.17, 15) is 9.18 Å².